The predicted octanol–water partition coefficient (Wildman–Crippen LogP) is 2.34. The van der Waals surface area contributed by atoms with Gasteiger partial charge in [-0.05, 0) is 25.0 Å². The van der Waals surface area contributed by atoms with Crippen LogP contribution in [0.4, 0.5) is 0 Å². The number of rotatable bonds is 6. The number of nitrogens with two attached hydrogens (primary N) is 1. The monoisotopic (exact) mass is 288 g/mol. The van der Waals surface area contributed by atoms with Crippen LogP contribution in [0.3, 0.4) is 0 Å². The molecule has 1 rings (SSSR count). The standard InChI is InChI=1S/C13H24N2OS2/c1-9(2)10(11(14)17)12(16)15-8-13(18-3)6-4-5-7-13/h9-10H,4-8H2,1-3H3,(H2,14,17)(H,15,16). The van der Waals surface area contributed by atoms with Crippen LogP contribution in [0.2, 0.25) is 0 Å². The van der Waals surface area contributed by atoms with Crippen molar-refractivity contribution in [3.05, 3.63) is 0 Å². The third kappa shape index (κ3) is 3.85. The normalized spacial score (nSPS) is 19.8. The van der Waals surface area contributed by atoms with Crippen molar-refractivity contribution in [3.63, 3.8) is 0 Å². The summed E-state index contributed by atoms with van der Waals surface area (Å²) in [5, 5.41) is 3.05. The number of nitrogens with one attached hydrogen (secondary N) is 1. The summed E-state index contributed by atoms with van der Waals surface area (Å²) in [5.74, 6) is -0.213. The Hall–Kier alpha value is -0.290. The molecule has 3 N–H and O–H groups in total. The average molecular weight is 288 g/mol. The van der Waals surface area contributed by atoms with E-state index in [1.54, 1.807) is 0 Å². The first-order chi connectivity index (χ1) is 8.42. The van der Waals surface area contributed by atoms with Gasteiger partial charge in [0.2, 0.25) is 5.91 Å². The van der Waals surface area contributed by atoms with E-state index < -0.39 is 0 Å². The summed E-state index contributed by atoms with van der Waals surface area (Å²) < 4.78 is 0.230. The van der Waals surface area contributed by atoms with Crippen molar-refractivity contribution in [2.75, 3.05) is 12.8 Å². The quantitative estimate of drug-likeness (QED) is 0.737. The van der Waals surface area contributed by atoms with Crippen molar-refractivity contribution in [3.8, 4) is 0 Å². The Morgan fingerprint density at radius 2 is 2.00 bits per heavy atom. The van der Waals surface area contributed by atoms with E-state index in [2.05, 4.69) is 11.6 Å². The predicted molar refractivity (Wildman–Crippen MR) is 82.8 cm³/mol. The summed E-state index contributed by atoms with van der Waals surface area (Å²) in [6.07, 6.45) is 7.03. The topological polar surface area (TPSA) is 55.1 Å². The van der Waals surface area contributed by atoms with Crippen LogP contribution in [-0.2, 0) is 4.79 Å². The Morgan fingerprint density at radius 3 is 2.39 bits per heavy atom. The Kier molecular flexibility index (Phi) is 5.92. The molecule has 0 aromatic carbocycles. The van der Waals surface area contributed by atoms with E-state index in [1.165, 1.54) is 25.7 Å². The summed E-state index contributed by atoms with van der Waals surface area (Å²) in [5.41, 5.74) is 5.65. The highest BCUT2D eigenvalue weighted by molar-refractivity contribution is 8.00. The zero-order valence-electron chi connectivity index (χ0n) is 11.5. The van der Waals surface area contributed by atoms with Crippen LogP contribution in [0.15, 0.2) is 0 Å². The third-order valence-electron chi connectivity index (χ3n) is 3.79. The molecule has 3 nitrogen and oxygen atoms in total. The minimum atomic E-state index is -0.347. The van der Waals surface area contributed by atoms with Gasteiger partial charge in [0.15, 0.2) is 0 Å². The fourth-order valence-electron chi connectivity index (χ4n) is 2.59. The number of thioether (sulfide) groups is 1. The Labute approximate surface area is 120 Å². The van der Waals surface area contributed by atoms with E-state index >= 15 is 0 Å². The molecule has 0 aromatic rings. The maximum atomic E-state index is 12.2. The summed E-state index contributed by atoms with van der Waals surface area (Å²) >= 11 is 6.86. The first-order valence-corrected chi connectivity index (χ1v) is 8.17. The molecular formula is C13H24N2OS2. The number of hydrogen-bond acceptors (Lipinski definition) is 3. The van der Waals surface area contributed by atoms with Gasteiger partial charge in [-0.15, -0.1) is 0 Å². The van der Waals surface area contributed by atoms with E-state index in [0.717, 1.165) is 6.54 Å². The molecule has 0 saturated heterocycles. The van der Waals surface area contributed by atoms with Crippen molar-refractivity contribution in [2.24, 2.45) is 17.6 Å². The second-order valence-corrected chi connectivity index (χ2v) is 7.18. The third-order valence-corrected chi connectivity index (χ3v) is 5.46. The van der Waals surface area contributed by atoms with E-state index in [1.807, 2.05) is 25.6 Å². The van der Waals surface area contributed by atoms with Crippen LogP contribution in [0.1, 0.15) is 39.5 Å². The van der Waals surface area contributed by atoms with Crippen LogP contribution in [-0.4, -0.2) is 28.4 Å². The van der Waals surface area contributed by atoms with Crippen molar-refractivity contribution >= 4 is 34.9 Å². The number of carbonyl (C=O) groups is 1. The molecule has 0 heterocycles. The smallest absolute Gasteiger partial charge is 0.230 e. The van der Waals surface area contributed by atoms with E-state index in [9.17, 15) is 4.79 Å². The molecule has 1 saturated carbocycles. The van der Waals surface area contributed by atoms with Crippen molar-refractivity contribution < 1.29 is 4.79 Å². The lowest BCUT2D eigenvalue weighted by atomic mass is 9.94. The minimum Gasteiger partial charge on any atom is -0.393 e. The van der Waals surface area contributed by atoms with Gasteiger partial charge in [0.25, 0.3) is 0 Å². The Morgan fingerprint density at radius 1 is 1.44 bits per heavy atom. The Bertz CT molecular complexity index is 312. The maximum Gasteiger partial charge on any atom is 0.230 e. The summed E-state index contributed by atoms with van der Waals surface area (Å²) in [7, 11) is 0. The first-order valence-electron chi connectivity index (χ1n) is 6.54. The second kappa shape index (κ2) is 6.75. The Balaban J connectivity index is 2.56. The highest BCUT2D eigenvalue weighted by Gasteiger charge is 2.34. The number of carbonyl (C=O) groups excluding carboxylic acids is 1. The molecule has 5 heteroatoms. The minimum absolute atomic E-state index is 0.0159. The van der Waals surface area contributed by atoms with Gasteiger partial charge in [0.05, 0.1) is 10.9 Å². The van der Waals surface area contributed by atoms with E-state index in [-0.39, 0.29) is 22.5 Å². The summed E-state index contributed by atoms with van der Waals surface area (Å²) in [6, 6.07) is 0. The number of hydrogen-bond donors (Lipinski definition) is 2. The maximum absolute atomic E-state index is 12.2. The molecule has 1 aliphatic rings. The van der Waals surface area contributed by atoms with Gasteiger partial charge in [-0.2, -0.15) is 11.8 Å². The van der Waals surface area contributed by atoms with E-state index in [4.69, 9.17) is 18.0 Å². The molecule has 1 atom stereocenters. The van der Waals surface area contributed by atoms with Crippen molar-refractivity contribution in [1.29, 1.82) is 0 Å². The second-order valence-electron chi connectivity index (χ2n) is 5.44. The van der Waals surface area contributed by atoms with Crippen LogP contribution in [0, 0.1) is 11.8 Å². The molecule has 1 amide bonds. The summed E-state index contributed by atoms with van der Waals surface area (Å²) in [6.45, 7) is 4.69. The molecule has 1 fully saturated rings. The van der Waals surface area contributed by atoms with Crippen LogP contribution >= 0.6 is 24.0 Å². The highest BCUT2D eigenvalue weighted by atomic mass is 32.2. The molecule has 0 spiro atoms. The zero-order valence-corrected chi connectivity index (χ0v) is 13.1. The zero-order chi connectivity index (χ0) is 13.8. The van der Waals surface area contributed by atoms with Crippen molar-refractivity contribution in [2.45, 2.75) is 44.3 Å². The highest BCUT2D eigenvalue weighted by Crippen LogP contribution is 2.39. The van der Waals surface area contributed by atoms with Gasteiger partial charge in [0.1, 0.15) is 0 Å². The van der Waals surface area contributed by atoms with Gasteiger partial charge >= 0.3 is 0 Å². The average Bonchev–Trinajstić information content (AvgIpc) is 2.74. The van der Waals surface area contributed by atoms with Gasteiger partial charge < -0.3 is 11.1 Å². The van der Waals surface area contributed by atoms with Crippen LogP contribution < -0.4 is 11.1 Å². The molecule has 0 aliphatic heterocycles. The summed E-state index contributed by atoms with van der Waals surface area (Å²) in [4.78, 5) is 12.5. The SMILES string of the molecule is CSC1(CNC(=O)C(C(N)=S)C(C)C)CCCC1. The lowest BCUT2D eigenvalue weighted by Crippen LogP contribution is -2.45. The van der Waals surface area contributed by atoms with Gasteiger partial charge in [-0.1, -0.05) is 38.9 Å². The lowest BCUT2D eigenvalue weighted by Gasteiger charge is -2.28. The van der Waals surface area contributed by atoms with Crippen molar-refractivity contribution in [1.82, 2.24) is 5.32 Å². The van der Waals surface area contributed by atoms with Crippen LogP contribution in [0.5, 0.6) is 0 Å². The largest absolute Gasteiger partial charge is 0.393 e. The molecule has 0 aromatic heterocycles. The van der Waals surface area contributed by atoms with Gasteiger partial charge in [0, 0.05) is 11.3 Å². The molecule has 0 bridgehead atoms. The van der Waals surface area contributed by atoms with Gasteiger partial charge in [-0.25, -0.2) is 0 Å². The molecule has 18 heavy (non-hydrogen) atoms. The number of thiocarbonyl (C=S) groups is 1. The van der Waals surface area contributed by atoms with Crippen LogP contribution in [0.25, 0.3) is 0 Å². The number of amides is 1. The lowest BCUT2D eigenvalue weighted by molar-refractivity contribution is -0.124. The fraction of sp³-hybridized carbons (Fsp3) is 0.846. The van der Waals surface area contributed by atoms with Gasteiger partial charge in [-0.3, -0.25) is 4.79 Å². The molecule has 1 unspecified atom stereocenters. The molecule has 104 valence electrons. The molecule has 1 aliphatic carbocycles. The molecule has 0 radical (unpaired) electrons. The van der Waals surface area contributed by atoms with E-state index in [0.29, 0.717) is 4.99 Å². The first kappa shape index (κ1) is 15.8. The fourth-order valence-corrected chi connectivity index (χ4v) is 3.88. The molecular weight excluding hydrogens is 264 g/mol.